The first-order chi connectivity index (χ1) is 9.40. The highest BCUT2D eigenvalue weighted by Gasteiger charge is 1.97. The first-order valence-corrected chi connectivity index (χ1v) is 8.75. The van der Waals surface area contributed by atoms with Crippen molar-refractivity contribution >= 4 is 0 Å². The second-order valence-corrected chi connectivity index (χ2v) is 4.86. The third-order valence-electron chi connectivity index (χ3n) is 3.06. The molecule has 0 aromatic rings. The Labute approximate surface area is 131 Å². The van der Waals surface area contributed by atoms with Gasteiger partial charge in [0.15, 0.2) is 0 Å². The zero-order valence-electron chi connectivity index (χ0n) is 16.8. The maximum absolute atomic E-state index is 2.31. The van der Waals surface area contributed by atoms with Gasteiger partial charge in [-0.3, -0.25) is 0 Å². The van der Waals surface area contributed by atoms with Crippen molar-refractivity contribution in [3.8, 4) is 0 Å². The van der Waals surface area contributed by atoms with Crippen LogP contribution in [0.2, 0.25) is 0 Å². The summed E-state index contributed by atoms with van der Waals surface area (Å²) < 4.78 is 0. The van der Waals surface area contributed by atoms with Gasteiger partial charge in [-0.15, -0.1) is 0 Å². The van der Waals surface area contributed by atoms with E-state index in [0.717, 1.165) is 6.42 Å². The van der Waals surface area contributed by atoms with E-state index in [-0.39, 0.29) is 0 Å². The molecule has 0 aliphatic rings. The van der Waals surface area contributed by atoms with Gasteiger partial charge in [0.05, 0.1) is 0 Å². The third-order valence-corrected chi connectivity index (χ3v) is 3.06. The molecule has 0 heterocycles. The maximum atomic E-state index is 2.31. The summed E-state index contributed by atoms with van der Waals surface area (Å²) in [5.41, 5.74) is 4.40. The highest BCUT2D eigenvalue weighted by molar-refractivity contribution is 5.26. The average Bonchev–Trinajstić information content (AvgIpc) is 2.50. The number of hydrogen-bond donors (Lipinski definition) is 0. The van der Waals surface area contributed by atoms with Gasteiger partial charge in [0.2, 0.25) is 0 Å². The van der Waals surface area contributed by atoms with Crippen LogP contribution in [-0.4, -0.2) is 0 Å². The number of rotatable bonds is 4. The van der Waals surface area contributed by atoms with Crippen molar-refractivity contribution in [2.45, 2.75) is 102 Å². The fourth-order valence-corrected chi connectivity index (χ4v) is 0.910. The van der Waals surface area contributed by atoms with Gasteiger partial charge in [-0.25, -0.2) is 0 Å². The highest BCUT2D eigenvalue weighted by atomic mass is 14.0. The van der Waals surface area contributed by atoms with Gasteiger partial charge in [-0.1, -0.05) is 98.0 Å². The van der Waals surface area contributed by atoms with E-state index >= 15 is 0 Å². The smallest absolute Gasteiger partial charge is 0.0260 e. The molecule has 0 saturated carbocycles. The lowest BCUT2D eigenvalue weighted by atomic mass is 10.00. The lowest BCUT2D eigenvalue weighted by molar-refractivity contribution is 0.767. The second kappa shape index (κ2) is 23.6. The van der Waals surface area contributed by atoms with Gasteiger partial charge in [0.1, 0.15) is 0 Å². The number of allylic oxidation sites excluding steroid dienone is 4. The predicted molar refractivity (Wildman–Crippen MR) is 101 cm³/mol. The topological polar surface area (TPSA) is 0 Å². The minimum absolute atomic E-state index is 0.671. The van der Waals surface area contributed by atoms with Crippen molar-refractivity contribution in [3.63, 3.8) is 0 Å². The molecule has 0 bridgehead atoms. The monoisotopic (exact) mass is 284 g/mol. The van der Waals surface area contributed by atoms with E-state index in [4.69, 9.17) is 0 Å². The molecule has 20 heavy (non-hydrogen) atoms. The number of unbranched alkanes of at least 4 members (excludes halogenated alkanes) is 1. The summed E-state index contributed by atoms with van der Waals surface area (Å²) in [4.78, 5) is 0. The Kier molecular flexibility index (Phi) is 32.7. The van der Waals surface area contributed by atoms with Crippen LogP contribution in [0.5, 0.6) is 0 Å². The summed E-state index contributed by atoms with van der Waals surface area (Å²) in [6.07, 6.45) is 6.11. The van der Waals surface area contributed by atoms with E-state index in [2.05, 4.69) is 61.5 Å². The van der Waals surface area contributed by atoms with Crippen LogP contribution >= 0.6 is 0 Å². The molecule has 0 amide bonds. The SMILES string of the molecule is CC.CC.CC/C(C)=C(C)\C=C(\C)C(C)C.CCCC. The molecule has 0 aromatic carbocycles. The van der Waals surface area contributed by atoms with E-state index in [0.29, 0.717) is 5.92 Å². The molecule has 124 valence electrons. The molecular weight excluding hydrogens is 240 g/mol. The predicted octanol–water partition coefficient (Wildman–Crippen LogP) is 8.19. The highest BCUT2D eigenvalue weighted by Crippen LogP contribution is 2.15. The van der Waals surface area contributed by atoms with E-state index in [1.54, 1.807) is 0 Å². The Balaban J connectivity index is -0.000000134. The zero-order chi connectivity index (χ0) is 17.1. The van der Waals surface area contributed by atoms with Crippen LogP contribution in [0, 0.1) is 5.92 Å². The van der Waals surface area contributed by atoms with Crippen molar-refractivity contribution < 1.29 is 0 Å². The van der Waals surface area contributed by atoms with Crippen LogP contribution in [0.15, 0.2) is 22.8 Å². The Hall–Kier alpha value is -0.520. The summed E-state index contributed by atoms with van der Waals surface area (Å²) >= 11 is 0. The molecule has 0 radical (unpaired) electrons. The van der Waals surface area contributed by atoms with E-state index in [9.17, 15) is 0 Å². The third kappa shape index (κ3) is 22.6. The van der Waals surface area contributed by atoms with Crippen molar-refractivity contribution in [3.05, 3.63) is 22.8 Å². The molecule has 0 nitrogen and oxygen atoms in total. The Morgan fingerprint density at radius 3 is 1.35 bits per heavy atom. The lowest BCUT2D eigenvalue weighted by Gasteiger charge is -2.06. The molecule has 0 aromatic heterocycles. The average molecular weight is 285 g/mol. The second-order valence-electron chi connectivity index (χ2n) is 4.86. The van der Waals surface area contributed by atoms with Crippen molar-refractivity contribution in [2.75, 3.05) is 0 Å². The largest absolute Gasteiger partial charge is 0.0707 e. The molecule has 0 atom stereocenters. The van der Waals surface area contributed by atoms with Crippen LogP contribution in [0.1, 0.15) is 102 Å². The van der Waals surface area contributed by atoms with Crippen LogP contribution in [0.25, 0.3) is 0 Å². The van der Waals surface area contributed by atoms with Crippen molar-refractivity contribution in [1.82, 2.24) is 0 Å². The normalized spacial score (nSPS) is 11.2. The fourth-order valence-electron chi connectivity index (χ4n) is 0.910. The van der Waals surface area contributed by atoms with Crippen LogP contribution in [0.4, 0.5) is 0 Å². The molecule has 0 heteroatoms. The van der Waals surface area contributed by atoms with Crippen LogP contribution in [-0.2, 0) is 0 Å². The van der Waals surface area contributed by atoms with Crippen molar-refractivity contribution in [2.24, 2.45) is 5.92 Å². The molecule has 0 saturated heterocycles. The molecule has 0 unspecified atom stereocenters. The Morgan fingerprint density at radius 1 is 0.800 bits per heavy atom. The van der Waals surface area contributed by atoms with Gasteiger partial charge in [0.25, 0.3) is 0 Å². The molecule has 0 N–H and O–H groups in total. The minimum atomic E-state index is 0.671. The van der Waals surface area contributed by atoms with E-state index < -0.39 is 0 Å². The zero-order valence-corrected chi connectivity index (χ0v) is 16.8. The van der Waals surface area contributed by atoms with Gasteiger partial charge < -0.3 is 0 Å². The first kappa shape index (κ1) is 27.8. The van der Waals surface area contributed by atoms with Gasteiger partial charge in [-0.05, 0) is 33.1 Å². The number of hydrogen-bond acceptors (Lipinski definition) is 0. The lowest BCUT2D eigenvalue weighted by Crippen LogP contribution is -1.89. The van der Waals surface area contributed by atoms with E-state index in [1.807, 2.05) is 27.7 Å². The molecular formula is C20H44. The van der Waals surface area contributed by atoms with Crippen LogP contribution in [0.3, 0.4) is 0 Å². The molecule has 0 fully saturated rings. The summed E-state index contributed by atoms with van der Waals surface area (Å²) in [6, 6.07) is 0. The molecule has 0 spiro atoms. The van der Waals surface area contributed by atoms with Gasteiger partial charge in [-0.2, -0.15) is 0 Å². The fraction of sp³-hybridized carbons (Fsp3) is 0.800. The Morgan fingerprint density at radius 2 is 1.15 bits per heavy atom. The molecule has 0 rings (SSSR count). The first-order valence-electron chi connectivity index (χ1n) is 8.75. The van der Waals surface area contributed by atoms with Gasteiger partial charge in [0, 0.05) is 0 Å². The Bertz CT molecular complexity index is 214. The standard InChI is InChI=1S/C12H22.C4H10.2C2H6/c1-7-10(4)12(6)8-11(5)9(2)3;1-3-4-2;2*1-2/h8-9H,7H2,1-6H3;3-4H2,1-2H3;2*1-2H3/b11-8-,12-10-;;;. The van der Waals surface area contributed by atoms with Crippen molar-refractivity contribution in [1.29, 1.82) is 0 Å². The minimum Gasteiger partial charge on any atom is -0.0707 e. The summed E-state index contributed by atoms with van der Waals surface area (Å²) in [5.74, 6) is 0.671. The molecule has 0 aliphatic carbocycles. The summed E-state index contributed by atoms with van der Waals surface area (Å²) in [7, 11) is 0. The van der Waals surface area contributed by atoms with Crippen LogP contribution < -0.4 is 0 Å². The summed E-state index contributed by atoms with van der Waals surface area (Å²) in [6.45, 7) is 25.7. The quantitative estimate of drug-likeness (QED) is 0.456. The summed E-state index contributed by atoms with van der Waals surface area (Å²) in [5, 5.41) is 0. The molecule has 0 aliphatic heterocycles. The van der Waals surface area contributed by atoms with E-state index in [1.165, 1.54) is 29.6 Å². The van der Waals surface area contributed by atoms with Gasteiger partial charge >= 0.3 is 0 Å². The maximum Gasteiger partial charge on any atom is -0.0260 e.